The normalized spacial score (nSPS) is 10.8. The highest BCUT2D eigenvalue weighted by Gasteiger charge is 2.10. The van der Waals surface area contributed by atoms with Crippen LogP contribution in [0.15, 0.2) is 36.4 Å². The van der Waals surface area contributed by atoms with Gasteiger partial charge in [0.1, 0.15) is 6.61 Å². The second kappa shape index (κ2) is 5.71. The van der Waals surface area contributed by atoms with Crippen molar-refractivity contribution >= 4 is 10.8 Å². The summed E-state index contributed by atoms with van der Waals surface area (Å²) in [5.41, 5.74) is 2.60. The van der Waals surface area contributed by atoms with Crippen LogP contribution in [0.1, 0.15) is 30.9 Å². The zero-order valence-corrected chi connectivity index (χ0v) is 10.9. The summed E-state index contributed by atoms with van der Waals surface area (Å²) in [6.45, 7) is 5.35. The van der Waals surface area contributed by atoms with Crippen LogP contribution in [-0.4, -0.2) is 6.61 Å². The quantitative estimate of drug-likeness (QED) is 0.575. The molecule has 0 aromatic heterocycles. The van der Waals surface area contributed by atoms with Crippen molar-refractivity contribution in [3.05, 3.63) is 47.5 Å². The average molecular weight is 238 g/mol. The molecule has 0 amide bonds. The van der Waals surface area contributed by atoms with Gasteiger partial charge in [0, 0.05) is 0 Å². The van der Waals surface area contributed by atoms with Gasteiger partial charge in [-0.25, -0.2) is 0 Å². The van der Waals surface area contributed by atoms with Crippen LogP contribution in [0.3, 0.4) is 0 Å². The number of terminal acetylenes is 1. The molecule has 0 aliphatic rings. The predicted molar refractivity (Wildman–Crippen MR) is 76.5 cm³/mol. The highest BCUT2D eigenvalue weighted by molar-refractivity contribution is 5.86. The molecule has 0 spiro atoms. The Hall–Kier alpha value is -1.78. The van der Waals surface area contributed by atoms with Crippen molar-refractivity contribution in [1.29, 1.82) is 0 Å². The van der Waals surface area contributed by atoms with E-state index in [0.29, 0.717) is 19.1 Å². The molecule has 0 saturated carbocycles. The maximum absolute atomic E-state index is 5.53. The van der Waals surface area contributed by atoms with Crippen molar-refractivity contribution in [2.45, 2.75) is 26.4 Å². The van der Waals surface area contributed by atoms with Crippen LogP contribution in [0.5, 0.6) is 0 Å². The second-order valence-corrected chi connectivity index (χ2v) is 4.71. The van der Waals surface area contributed by atoms with Crippen molar-refractivity contribution in [2.75, 3.05) is 6.61 Å². The summed E-state index contributed by atoms with van der Waals surface area (Å²) < 4.78 is 5.53. The van der Waals surface area contributed by atoms with Gasteiger partial charge in [-0.15, -0.1) is 6.42 Å². The van der Waals surface area contributed by atoms with Gasteiger partial charge in [-0.3, -0.25) is 0 Å². The van der Waals surface area contributed by atoms with Crippen LogP contribution in [0.2, 0.25) is 0 Å². The summed E-state index contributed by atoms with van der Waals surface area (Å²) in [6, 6.07) is 12.8. The number of fused-ring (bicyclic) bond motifs is 1. The first kappa shape index (κ1) is 12.7. The number of rotatable bonds is 4. The lowest BCUT2D eigenvalue weighted by atomic mass is 9.93. The fourth-order valence-corrected chi connectivity index (χ4v) is 2.27. The highest BCUT2D eigenvalue weighted by Crippen LogP contribution is 2.28. The lowest BCUT2D eigenvalue weighted by Gasteiger charge is -2.15. The lowest BCUT2D eigenvalue weighted by molar-refractivity contribution is 0.153. The zero-order valence-electron chi connectivity index (χ0n) is 10.9. The minimum Gasteiger partial charge on any atom is -0.364 e. The van der Waals surface area contributed by atoms with E-state index in [1.165, 1.54) is 21.9 Å². The largest absolute Gasteiger partial charge is 0.364 e. The van der Waals surface area contributed by atoms with E-state index in [4.69, 9.17) is 11.2 Å². The summed E-state index contributed by atoms with van der Waals surface area (Å²) in [5.74, 6) is 3.00. The number of hydrogen-bond acceptors (Lipinski definition) is 1. The van der Waals surface area contributed by atoms with E-state index in [2.05, 4.69) is 56.2 Å². The first-order valence-corrected chi connectivity index (χ1v) is 6.25. The maximum atomic E-state index is 5.53. The molecule has 0 saturated heterocycles. The van der Waals surface area contributed by atoms with Gasteiger partial charge in [0.25, 0.3) is 0 Å². The molecule has 1 heteroatoms. The molecule has 92 valence electrons. The van der Waals surface area contributed by atoms with Crippen LogP contribution in [0, 0.1) is 12.3 Å². The Morgan fingerprint density at radius 2 is 1.94 bits per heavy atom. The van der Waals surface area contributed by atoms with Crippen LogP contribution in [0.4, 0.5) is 0 Å². The molecule has 0 fully saturated rings. The number of hydrogen-bond donors (Lipinski definition) is 0. The standard InChI is InChI=1S/C17H18O/c1-4-11-18-12-17-15(13(2)3)10-9-14-7-5-6-8-16(14)17/h1,5-10,13H,11-12H2,2-3H3. The van der Waals surface area contributed by atoms with E-state index in [9.17, 15) is 0 Å². The van der Waals surface area contributed by atoms with Crippen LogP contribution >= 0.6 is 0 Å². The van der Waals surface area contributed by atoms with Gasteiger partial charge in [0.2, 0.25) is 0 Å². The molecule has 0 radical (unpaired) electrons. The molecule has 0 bridgehead atoms. The molecule has 0 heterocycles. The smallest absolute Gasteiger partial charge is 0.107 e. The van der Waals surface area contributed by atoms with Crippen molar-refractivity contribution in [3.8, 4) is 12.3 Å². The Balaban J connectivity index is 2.49. The van der Waals surface area contributed by atoms with Gasteiger partial charge < -0.3 is 4.74 Å². The van der Waals surface area contributed by atoms with Gasteiger partial charge in [-0.1, -0.05) is 56.2 Å². The first-order chi connectivity index (χ1) is 8.74. The third kappa shape index (κ3) is 2.55. The van der Waals surface area contributed by atoms with Gasteiger partial charge >= 0.3 is 0 Å². The predicted octanol–water partition coefficient (Wildman–Crippen LogP) is 4.11. The maximum Gasteiger partial charge on any atom is 0.107 e. The van der Waals surface area contributed by atoms with Crippen LogP contribution < -0.4 is 0 Å². The molecule has 1 nitrogen and oxygen atoms in total. The summed E-state index contributed by atoms with van der Waals surface area (Å²) >= 11 is 0. The van der Waals surface area contributed by atoms with Crippen LogP contribution in [-0.2, 0) is 11.3 Å². The number of ether oxygens (including phenoxy) is 1. The second-order valence-electron chi connectivity index (χ2n) is 4.71. The molecule has 2 aromatic carbocycles. The minimum atomic E-state index is 0.362. The monoisotopic (exact) mass is 238 g/mol. The topological polar surface area (TPSA) is 9.23 Å². The lowest BCUT2D eigenvalue weighted by Crippen LogP contribution is -2.01. The van der Waals surface area contributed by atoms with Crippen molar-refractivity contribution in [2.24, 2.45) is 0 Å². The van der Waals surface area contributed by atoms with Gasteiger partial charge in [-0.05, 0) is 27.8 Å². The summed E-state index contributed by atoms with van der Waals surface area (Å²) in [4.78, 5) is 0. The molecule has 0 aliphatic heterocycles. The van der Waals surface area contributed by atoms with Crippen molar-refractivity contribution in [3.63, 3.8) is 0 Å². The fourth-order valence-electron chi connectivity index (χ4n) is 2.27. The Morgan fingerprint density at radius 3 is 2.67 bits per heavy atom. The Morgan fingerprint density at radius 1 is 1.17 bits per heavy atom. The van der Waals surface area contributed by atoms with E-state index in [1.54, 1.807) is 0 Å². The Labute approximate surface area is 109 Å². The van der Waals surface area contributed by atoms with E-state index < -0.39 is 0 Å². The average Bonchev–Trinajstić information content (AvgIpc) is 2.38. The molecular formula is C17H18O. The van der Waals surface area contributed by atoms with Gasteiger partial charge in [0.05, 0.1) is 6.61 Å². The molecule has 0 unspecified atom stereocenters. The molecule has 0 atom stereocenters. The molecule has 0 N–H and O–H groups in total. The molecule has 18 heavy (non-hydrogen) atoms. The van der Waals surface area contributed by atoms with Crippen molar-refractivity contribution < 1.29 is 4.74 Å². The molecule has 2 rings (SSSR count). The van der Waals surface area contributed by atoms with Gasteiger partial charge in [-0.2, -0.15) is 0 Å². The van der Waals surface area contributed by atoms with Crippen LogP contribution in [0.25, 0.3) is 10.8 Å². The summed E-state index contributed by atoms with van der Waals surface area (Å²) in [5, 5.41) is 2.52. The zero-order chi connectivity index (χ0) is 13.0. The summed E-state index contributed by atoms with van der Waals surface area (Å²) in [6.07, 6.45) is 5.23. The Kier molecular flexibility index (Phi) is 4.02. The highest BCUT2D eigenvalue weighted by atomic mass is 16.5. The number of benzene rings is 2. The first-order valence-electron chi connectivity index (χ1n) is 6.25. The fraction of sp³-hybridized carbons (Fsp3) is 0.294. The Bertz CT molecular complexity index is 576. The molecule has 0 aliphatic carbocycles. The third-order valence-corrected chi connectivity index (χ3v) is 3.13. The molecular weight excluding hydrogens is 220 g/mol. The SMILES string of the molecule is C#CCOCc1c(C(C)C)ccc2ccccc12. The van der Waals surface area contributed by atoms with E-state index in [-0.39, 0.29) is 0 Å². The van der Waals surface area contributed by atoms with E-state index in [1.807, 2.05) is 0 Å². The minimum absolute atomic E-state index is 0.362. The van der Waals surface area contributed by atoms with E-state index >= 15 is 0 Å². The van der Waals surface area contributed by atoms with Gasteiger partial charge in [0.15, 0.2) is 0 Å². The van der Waals surface area contributed by atoms with Crippen molar-refractivity contribution in [1.82, 2.24) is 0 Å². The van der Waals surface area contributed by atoms with E-state index in [0.717, 1.165) is 0 Å². The third-order valence-electron chi connectivity index (χ3n) is 3.13. The summed E-state index contributed by atoms with van der Waals surface area (Å²) in [7, 11) is 0. The molecule has 2 aromatic rings.